The third-order valence-electron chi connectivity index (χ3n) is 4.62. The lowest BCUT2D eigenvalue weighted by Gasteiger charge is -2.35. The zero-order valence-electron chi connectivity index (χ0n) is 12.1. The molecule has 21 heavy (non-hydrogen) atoms. The third-order valence-corrected chi connectivity index (χ3v) is 4.95. The maximum absolute atomic E-state index is 7.39. The van der Waals surface area contributed by atoms with Gasteiger partial charge in [0.1, 0.15) is 0 Å². The van der Waals surface area contributed by atoms with Gasteiger partial charge in [-0.2, -0.15) is 0 Å². The summed E-state index contributed by atoms with van der Waals surface area (Å²) < 4.78 is 0. The summed E-state index contributed by atoms with van der Waals surface area (Å²) in [6.45, 7) is 0. The average molecular weight is 304 g/mol. The van der Waals surface area contributed by atoms with Crippen LogP contribution in [0.2, 0.25) is 5.02 Å². The fourth-order valence-electron chi connectivity index (χ4n) is 2.94. The van der Waals surface area contributed by atoms with Gasteiger partial charge in [0.2, 0.25) is 0 Å². The molecule has 0 spiro atoms. The molecule has 2 saturated carbocycles. The average Bonchev–Trinajstić information content (AvgIpc) is 3.22. The first-order valence-electron chi connectivity index (χ1n) is 7.71. The second kappa shape index (κ2) is 6.20. The van der Waals surface area contributed by atoms with E-state index >= 15 is 0 Å². The fourth-order valence-corrected chi connectivity index (χ4v) is 3.24. The van der Waals surface area contributed by atoms with Crippen LogP contribution in [-0.4, -0.2) is 12.3 Å². The van der Waals surface area contributed by atoms with E-state index < -0.39 is 0 Å². The Labute approximate surface area is 131 Å². The Hall–Kier alpha value is -1.32. The molecule has 1 atom stereocenters. The Morgan fingerprint density at radius 1 is 1.33 bits per heavy atom. The van der Waals surface area contributed by atoms with Gasteiger partial charge >= 0.3 is 0 Å². The van der Waals surface area contributed by atoms with Crippen LogP contribution in [0.3, 0.4) is 0 Å². The van der Waals surface area contributed by atoms with Crippen LogP contribution in [0.4, 0.5) is 0 Å². The number of halogens is 1. The summed E-state index contributed by atoms with van der Waals surface area (Å²) in [7, 11) is 0. The molecule has 3 rings (SSSR count). The van der Waals surface area contributed by atoms with Crippen molar-refractivity contribution in [2.75, 3.05) is 0 Å². The Morgan fingerprint density at radius 2 is 2.10 bits per heavy atom. The summed E-state index contributed by atoms with van der Waals surface area (Å²) in [4.78, 5) is 0. The van der Waals surface area contributed by atoms with Gasteiger partial charge in [0.25, 0.3) is 0 Å². The first-order chi connectivity index (χ1) is 10.2. The molecule has 0 bridgehead atoms. The molecule has 0 aliphatic heterocycles. The van der Waals surface area contributed by atoms with Crippen LogP contribution in [0.15, 0.2) is 24.4 Å². The highest BCUT2D eigenvalue weighted by Crippen LogP contribution is 2.42. The van der Waals surface area contributed by atoms with Crippen LogP contribution in [0.1, 0.15) is 49.3 Å². The minimum Gasteiger partial charge on any atom is -0.404 e. The molecular weight excluding hydrogens is 282 g/mol. The SMILES string of the molecule is N=C/C(=C\N)c1ccc(C(NC2CC2)C2CCC2)c(Cl)c1. The number of benzene rings is 1. The van der Waals surface area contributed by atoms with Crippen LogP contribution < -0.4 is 11.1 Å². The Kier molecular flexibility index (Phi) is 4.32. The Morgan fingerprint density at radius 3 is 2.57 bits per heavy atom. The predicted octanol–water partition coefficient (Wildman–Crippen LogP) is 3.88. The van der Waals surface area contributed by atoms with E-state index in [0.717, 1.165) is 10.6 Å². The standard InChI is InChI=1S/C17H22ClN3/c18-16-8-12(13(9-19)10-20)4-7-15(16)17(11-2-1-3-11)21-14-5-6-14/h4,7-11,14,17,19,21H,1-3,5-6,20H2/b13-10+,19-9?. The number of nitrogens with one attached hydrogen (secondary N) is 2. The van der Waals surface area contributed by atoms with E-state index in [0.29, 0.717) is 23.6 Å². The topological polar surface area (TPSA) is 61.9 Å². The molecule has 3 nitrogen and oxygen atoms in total. The highest BCUT2D eigenvalue weighted by molar-refractivity contribution is 6.31. The molecule has 4 heteroatoms. The van der Waals surface area contributed by atoms with E-state index in [1.807, 2.05) is 12.1 Å². The fraction of sp³-hybridized carbons (Fsp3) is 0.471. The predicted molar refractivity (Wildman–Crippen MR) is 88.6 cm³/mol. The quantitative estimate of drug-likeness (QED) is 0.698. The maximum atomic E-state index is 7.39. The van der Waals surface area contributed by atoms with Crippen molar-refractivity contribution in [3.8, 4) is 0 Å². The van der Waals surface area contributed by atoms with E-state index in [-0.39, 0.29) is 0 Å². The molecule has 1 unspecified atom stereocenters. The monoisotopic (exact) mass is 303 g/mol. The highest BCUT2D eigenvalue weighted by atomic mass is 35.5. The van der Waals surface area contributed by atoms with Crippen molar-refractivity contribution in [2.45, 2.75) is 44.2 Å². The van der Waals surface area contributed by atoms with Gasteiger partial charge in [0, 0.05) is 35.1 Å². The van der Waals surface area contributed by atoms with Crippen molar-refractivity contribution in [1.29, 1.82) is 5.41 Å². The number of nitrogens with two attached hydrogens (primary N) is 1. The smallest absolute Gasteiger partial charge is 0.0460 e. The highest BCUT2D eigenvalue weighted by Gasteiger charge is 2.34. The Balaban J connectivity index is 1.86. The van der Waals surface area contributed by atoms with Gasteiger partial charge in [-0.25, -0.2) is 0 Å². The van der Waals surface area contributed by atoms with Gasteiger partial charge in [-0.05, 0) is 48.8 Å². The molecule has 2 fully saturated rings. The zero-order chi connectivity index (χ0) is 14.8. The summed E-state index contributed by atoms with van der Waals surface area (Å²) in [6.07, 6.45) is 9.19. The number of allylic oxidation sites excluding steroid dienone is 1. The summed E-state index contributed by atoms with van der Waals surface area (Å²) in [5, 5.41) is 11.9. The molecule has 0 radical (unpaired) electrons. The molecule has 112 valence electrons. The van der Waals surface area contributed by atoms with Gasteiger partial charge < -0.3 is 16.5 Å². The normalized spacial score (nSPS) is 20.9. The van der Waals surface area contributed by atoms with Crippen molar-refractivity contribution >= 4 is 23.4 Å². The van der Waals surface area contributed by atoms with Crippen molar-refractivity contribution in [1.82, 2.24) is 5.32 Å². The minimum absolute atomic E-state index is 0.373. The lowest BCUT2D eigenvalue weighted by atomic mass is 9.77. The molecule has 2 aliphatic rings. The van der Waals surface area contributed by atoms with E-state index in [9.17, 15) is 0 Å². The van der Waals surface area contributed by atoms with Gasteiger partial charge in [-0.1, -0.05) is 30.2 Å². The lowest BCUT2D eigenvalue weighted by Crippen LogP contribution is -2.33. The summed E-state index contributed by atoms with van der Waals surface area (Å²) in [5.74, 6) is 0.709. The zero-order valence-corrected chi connectivity index (χ0v) is 12.9. The number of hydrogen-bond acceptors (Lipinski definition) is 3. The summed E-state index contributed by atoms with van der Waals surface area (Å²) in [6, 6.07) is 7.10. The summed E-state index contributed by atoms with van der Waals surface area (Å²) in [5.41, 5.74) is 8.34. The molecule has 1 aromatic carbocycles. The molecule has 1 aromatic rings. The second-order valence-corrected chi connectivity index (χ2v) is 6.52. The van der Waals surface area contributed by atoms with Crippen molar-refractivity contribution in [3.63, 3.8) is 0 Å². The molecule has 4 N–H and O–H groups in total. The molecule has 0 saturated heterocycles. The first-order valence-corrected chi connectivity index (χ1v) is 8.09. The van der Waals surface area contributed by atoms with Crippen LogP contribution >= 0.6 is 11.6 Å². The Bertz CT molecular complexity index is 559. The lowest BCUT2D eigenvalue weighted by molar-refractivity contribution is 0.229. The number of hydrogen-bond donors (Lipinski definition) is 3. The van der Waals surface area contributed by atoms with E-state index in [2.05, 4.69) is 11.4 Å². The second-order valence-electron chi connectivity index (χ2n) is 6.11. The van der Waals surface area contributed by atoms with Gasteiger partial charge in [-0.3, -0.25) is 0 Å². The van der Waals surface area contributed by atoms with Crippen LogP contribution in [0.5, 0.6) is 0 Å². The van der Waals surface area contributed by atoms with E-state index in [1.54, 1.807) is 0 Å². The van der Waals surface area contributed by atoms with E-state index in [1.165, 1.54) is 50.1 Å². The van der Waals surface area contributed by atoms with Crippen molar-refractivity contribution < 1.29 is 0 Å². The van der Waals surface area contributed by atoms with Crippen LogP contribution in [-0.2, 0) is 0 Å². The molecule has 2 aliphatic carbocycles. The van der Waals surface area contributed by atoms with Crippen LogP contribution in [0, 0.1) is 11.3 Å². The maximum Gasteiger partial charge on any atom is 0.0460 e. The van der Waals surface area contributed by atoms with E-state index in [4.69, 9.17) is 22.7 Å². The van der Waals surface area contributed by atoms with Gasteiger partial charge in [0.05, 0.1) is 0 Å². The van der Waals surface area contributed by atoms with Crippen molar-refractivity contribution in [3.05, 3.63) is 40.5 Å². The van der Waals surface area contributed by atoms with Gasteiger partial charge in [-0.15, -0.1) is 0 Å². The first kappa shape index (κ1) is 14.6. The molecular formula is C17H22ClN3. The minimum atomic E-state index is 0.373. The van der Waals surface area contributed by atoms with Gasteiger partial charge in [0.15, 0.2) is 0 Å². The summed E-state index contributed by atoms with van der Waals surface area (Å²) >= 11 is 6.53. The van der Waals surface area contributed by atoms with Crippen molar-refractivity contribution in [2.24, 2.45) is 11.7 Å². The third kappa shape index (κ3) is 3.14. The molecule has 0 heterocycles. The number of rotatable bonds is 6. The molecule has 0 aromatic heterocycles. The molecule has 0 amide bonds. The largest absolute Gasteiger partial charge is 0.404 e. The van der Waals surface area contributed by atoms with Crippen LogP contribution in [0.25, 0.3) is 5.57 Å².